The number of aliphatic hydroxyl groups excluding tert-OH is 1. The van der Waals surface area contributed by atoms with E-state index in [1.54, 1.807) is 0 Å². The lowest BCUT2D eigenvalue weighted by Gasteiger charge is -2.29. The highest BCUT2D eigenvalue weighted by Crippen LogP contribution is 2.44. The van der Waals surface area contributed by atoms with Crippen molar-refractivity contribution < 1.29 is 9.90 Å². The van der Waals surface area contributed by atoms with Crippen LogP contribution < -0.4 is 5.32 Å². The Labute approximate surface area is 156 Å². The Balaban J connectivity index is 1.31. The molecule has 0 unspecified atom stereocenters. The molecule has 1 aromatic carbocycles. The van der Waals surface area contributed by atoms with E-state index in [1.165, 1.54) is 12.0 Å². The lowest BCUT2D eigenvalue weighted by Crippen LogP contribution is -2.43. The second kappa shape index (κ2) is 8.07. The maximum absolute atomic E-state index is 12.9. The monoisotopic (exact) mass is 357 g/mol. The van der Waals surface area contributed by atoms with E-state index in [1.807, 2.05) is 0 Å². The number of amides is 1. The van der Waals surface area contributed by atoms with Crippen LogP contribution in [0.1, 0.15) is 43.7 Å². The van der Waals surface area contributed by atoms with E-state index in [9.17, 15) is 9.90 Å². The van der Waals surface area contributed by atoms with Gasteiger partial charge in [-0.3, -0.25) is 9.69 Å². The molecule has 0 saturated carbocycles. The molecule has 3 aliphatic rings. The number of aliphatic hydroxyl groups is 1. The zero-order chi connectivity index (χ0) is 17.9. The maximum atomic E-state index is 12.9. The maximum Gasteiger partial charge on any atom is 0.224 e. The third-order valence-corrected chi connectivity index (χ3v) is 6.49. The summed E-state index contributed by atoms with van der Waals surface area (Å²) in [5, 5.41) is 12.8. The molecule has 1 amide bonds. The molecule has 0 bridgehead atoms. The van der Waals surface area contributed by atoms with Crippen molar-refractivity contribution in [1.82, 2.24) is 15.1 Å². The molecule has 3 aliphatic heterocycles. The van der Waals surface area contributed by atoms with E-state index in [0.29, 0.717) is 18.6 Å². The molecule has 0 aromatic heterocycles. The van der Waals surface area contributed by atoms with Crippen LogP contribution in [0, 0.1) is 5.92 Å². The van der Waals surface area contributed by atoms with Gasteiger partial charge in [-0.2, -0.15) is 0 Å². The predicted molar refractivity (Wildman–Crippen MR) is 102 cm³/mol. The van der Waals surface area contributed by atoms with Gasteiger partial charge in [0, 0.05) is 38.3 Å². The summed E-state index contributed by atoms with van der Waals surface area (Å²) in [4.78, 5) is 17.8. The van der Waals surface area contributed by atoms with E-state index in [-0.39, 0.29) is 17.9 Å². The SMILES string of the molecule is O=C(NCCN1CCC(O)CC1)[C@@H]1C[C@H](c2ccccc2)N2CCC[C@@H]12. The molecule has 5 heteroatoms. The van der Waals surface area contributed by atoms with Crippen molar-refractivity contribution >= 4 is 5.91 Å². The molecule has 3 heterocycles. The first-order valence-electron chi connectivity index (χ1n) is 10.2. The van der Waals surface area contributed by atoms with Crippen molar-refractivity contribution in [2.24, 2.45) is 5.92 Å². The second-order valence-electron chi connectivity index (χ2n) is 8.08. The van der Waals surface area contributed by atoms with E-state index in [2.05, 4.69) is 45.4 Å². The van der Waals surface area contributed by atoms with Gasteiger partial charge in [0.2, 0.25) is 5.91 Å². The number of hydrogen-bond donors (Lipinski definition) is 2. The standard InChI is InChI=1S/C21H31N3O2/c25-17-8-12-23(13-9-17)14-10-22-21(26)18-15-20(16-5-2-1-3-6-16)24-11-4-7-19(18)24/h1-3,5-6,17-20,25H,4,7-15H2,(H,22,26)/t18-,19+,20-/m1/s1. The van der Waals surface area contributed by atoms with Crippen LogP contribution >= 0.6 is 0 Å². The highest BCUT2D eigenvalue weighted by Gasteiger charge is 2.46. The third-order valence-electron chi connectivity index (χ3n) is 6.49. The fraction of sp³-hybridized carbons (Fsp3) is 0.667. The Bertz CT molecular complexity index is 601. The van der Waals surface area contributed by atoms with Crippen LogP contribution in [0.2, 0.25) is 0 Å². The first-order chi connectivity index (χ1) is 12.7. The van der Waals surface area contributed by atoms with Crippen LogP contribution in [0.3, 0.4) is 0 Å². The molecular formula is C21H31N3O2. The van der Waals surface area contributed by atoms with E-state index >= 15 is 0 Å². The zero-order valence-corrected chi connectivity index (χ0v) is 15.5. The zero-order valence-electron chi connectivity index (χ0n) is 15.5. The summed E-state index contributed by atoms with van der Waals surface area (Å²) in [6.45, 7) is 4.60. The Kier molecular flexibility index (Phi) is 5.57. The molecule has 0 aliphatic carbocycles. The van der Waals surface area contributed by atoms with Crippen molar-refractivity contribution in [3.8, 4) is 0 Å². The predicted octanol–water partition coefficient (Wildman–Crippen LogP) is 1.78. The van der Waals surface area contributed by atoms with Gasteiger partial charge in [-0.1, -0.05) is 30.3 Å². The summed E-state index contributed by atoms with van der Waals surface area (Å²) in [7, 11) is 0. The highest BCUT2D eigenvalue weighted by atomic mass is 16.3. The fourth-order valence-corrected chi connectivity index (χ4v) is 5.06. The number of carbonyl (C=O) groups excluding carboxylic acids is 1. The van der Waals surface area contributed by atoms with E-state index in [4.69, 9.17) is 0 Å². The van der Waals surface area contributed by atoms with Gasteiger partial charge in [-0.15, -0.1) is 0 Å². The minimum absolute atomic E-state index is 0.117. The van der Waals surface area contributed by atoms with Gasteiger partial charge in [0.1, 0.15) is 0 Å². The average molecular weight is 357 g/mol. The van der Waals surface area contributed by atoms with Crippen molar-refractivity contribution in [1.29, 1.82) is 0 Å². The highest BCUT2D eigenvalue weighted by molar-refractivity contribution is 5.80. The van der Waals surface area contributed by atoms with Gasteiger partial charge in [-0.25, -0.2) is 0 Å². The van der Waals surface area contributed by atoms with Crippen LogP contribution in [0.15, 0.2) is 30.3 Å². The molecule has 1 aromatic rings. The number of benzene rings is 1. The van der Waals surface area contributed by atoms with Crippen molar-refractivity contribution in [2.75, 3.05) is 32.7 Å². The summed E-state index contributed by atoms with van der Waals surface area (Å²) >= 11 is 0. The van der Waals surface area contributed by atoms with Gasteiger partial charge in [-0.05, 0) is 44.2 Å². The number of fused-ring (bicyclic) bond motifs is 1. The molecule has 26 heavy (non-hydrogen) atoms. The average Bonchev–Trinajstić information content (AvgIpc) is 3.26. The van der Waals surface area contributed by atoms with Crippen LogP contribution in [0.4, 0.5) is 0 Å². The molecule has 0 spiro atoms. The number of carbonyl (C=O) groups is 1. The smallest absolute Gasteiger partial charge is 0.224 e. The molecule has 2 N–H and O–H groups in total. The Hall–Kier alpha value is -1.43. The lowest BCUT2D eigenvalue weighted by molar-refractivity contribution is -0.125. The van der Waals surface area contributed by atoms with Gasteiger partial charge in [0.15, 0.2) is 0 Å². The first kappa shape index (κ1) is 18.0. The summed E-state index contributed by atoms with van der Waals surface area (Å²) in [6.07, 6.45) is 4.86. The minimum Gasteiger partial charge on any atom is -0.393 e. The molecule has 3 saturated heterocycles. The summed E-state index contributed by atoms with van der Waals surface area (Å²) in [5.41, 5.74) is 1.35. The number of likely N-dealkylation sites (tertiary alicyclic amines) is 1. The largest absolute Gasteiger partial charge is 0.393 e. The molecule has 3 atom stereocenters. The van der Waals surface area contributed by atoms with E-state index < -0.39 is 0 Å². The van der Waals surface area contributed by atoms with Crippen molar-refractivity contribution in [3.05, 3.63) is 35.9 Å². The molecular weight excluding hydrogens is 326 g/mol. The third kappa shape index (κ3) is 3.80. The topological polar surface area (TPSA) is 55.8 Å². The van der Waals surface area contributed by atoms with Crippen LogP contribution in [-0.4, -0.2) is 65.7 Å². The molecule has 4 rings (SSSR count). The molecule has 142 valence electrons. The first-order valence-corrected chi connectivity index (χ1v) is 10.2. The summed E-state index contributed by atoms with van der Waals surface area (Å²) < 4.78 is 0. The number of nitrogens with zero attached hydrogens (tertiary/aromatic N) is 2. The van der Waals surface area contributed by atoms with Crippen molar-refractivity contribution in [3.63, 3.8) is 0 Å². The Morgan fingerprint density at radius 2 is 1.88 bits per heavy atom. The fourth-order valence-electron chi connectivity index (χ4n) is 5.06. The van der Waals surface area contributed by atoms with Gasteiger partial charge < -0.3 is 15.3 Å². The van der Waals surface area contributed by atoms with Crippen LogP contribution in [0.5, 0.6) is 0 Å². The number of rotatable bonds is 5. The Morgan fingerprint density at radius 1 is 1.12 bits per heavy atom. The van der Waals surface area contributed by atoms with Gasteiger partial charge in [0.05, 0.1) is 12.0 Å². The van der Waals surface area contributed by atoms with Crippen molar-refractivity contribution in [2.45, 2.75) is 50.3 Å². The number of piperidine rings is 1. The molecule has 5 nitrogen and oxygen atoms in total. The number of hydrogen-bond acceptors (Lipinski definition) is 4. The molecule has 3 fully saturated rings. The Morgan fingerprint density at radius 3 is 2.65 bits per heavy atom. The quantitative estimate of drug-likeness (QED) is 0.844. The van der Waals surface area contributed by atoms with Crippen LogP contribution in [-0.2, 0) is 4.79 Å². The van der Waals surface area contributed by atoms with Crippen LogP contribution in [0.25, 0.3) is 0 Å². The number of nitrogens with one attached hydrogen (secondary N) is 1. The van der Waals surface area contributed by atoms with E-state index in [0.717, 1.165) is 51.9 Å². The van der Waals surface area contributed by atoms with Gasteiger partial charge in [0.25, 0.3) is 0 Å². The second-order valence-corrected chi connectivity index (χ2v) is 8.08. The summed E-state index contributed by atoms with van der Waals surface area (Å²) in [5.74, 6) is 0.350. The molecule has 0 radical (unpaired) electrons. The lowest BCUT2D eigenvalue weighted by atomic mass is 9.93. The minimum atomic E-state index is -0.136. The van der Waals surface area contributed by atoms with Gasteiger partial charge >= 0.3 is 0 Å². The normalized spacial score (nSPS) is 30.4. The summed E-state index contributed by atoms with van der Waals surface area (Å²) in [6, 6.07) is 11.5.